The van der Waals surface area contributed by atoms with Gasteiger partial charge in [0.15, 0.2) is 5.65 Å². The molecule has 8 nitrogen and oxygen atoms in total. The van der Waals surface area contributed by atoms with E-state index in [1.807, 2.05) is 62.4 Å². The SMILES string of the molecule is Cc1ccc(NC(=O)NC(=O)CSc2ncnc3c2cnn3-c2ccccc2)c(C)c1. The van der Waals surface area contributed by atoms with E-state index in [4.69, 9.17) is 0 Å². The molecule has 0 aliphatic carbocycles. The molecule has 4 aromatic rings. The molecule has 0 bridgehead atoms. The number of rotatable bonds is 5. The molecular formula is C22H20N6O2S. The van der Waals surface area contributed by atoms with Gasteiger partial charge in [-0.1, -0.05) is 47.7 Å². The van der Waals surface area contributed by atoms with Crippen LogP contribution >= 0.6 is 11.8 Å². The Labute approximate surface area is 183 Å². The molecular weight excluding hydrogens is 412 g/mol. The van der Waals surface area contributed by atoms with Gasteiger partial charge in [-0.05, 0) is 37.6 Å². The number of thioether (sulfide) groups is 1. The largest absolute Gasteiger partial charge is 0.325 e. The van der Waals surface area contributed by atoms with Gasteiger partial charge in [0.05, 0.1) is 23.0 Å². The third-order valence-electron chi connectivity index (χ3n) is 4.55. The molecule has 0 fully saturated rings. The summed E-state index contributed by atoms with van der Waals surface area (Å²) in [7, 11) is 0. The van der Waals surface area contributed by atoms with Crippen molar-refractivity contribution in [3.05, 3.63) is 72.2 Å². The number of imide groups is 1. The van der Waals surface area contributed by atoms with E-state index in [1.165, 1.54) is 18.1 Å². The van der Waals surface area contributed by atoms with Gasteiger partial charge in [-0.25, -0.2) is 19.4 Å². The summed E-state index contributed by atoms with van der Waals surface area (Å²) in [6, 6.07) is 14.8. The van der Waals surface area contributed by atoms with Crippen LogP contribution in [0.5, 0.6) is 0 Å². The number of aromatic nitrogens is 4. The van der Waals surface area contributed by atoms with Gasteiger partial charge in [0.2, 0.25) is 5.91 Å². The zero-order chi connectivity index (χ0) is 21.8. The van der Waals surface area contributed by atoms with Crippen LogP contribution in [-0.2, 0) is 4.79 Å². The van der Waals surface area contributed by atoms with Crippen LogP contribution in [0.3, 0.4) is 0 Å². The average Bonchev–Trinajstić information content (AvgIpc) is 3.19. The Kier molecular flexibility index (Phi) is 5.94. The van der Waals surface area contributed by atoms with E-state index in [9.17, 15) is 9.59 Å². The van der Waals surface area contributed by atoms with Gasteiger partial charge >= 0.3 is 6.03 Å². The van der Waals surface area contributed by atoms with Crippen LogP contribution < -0.4 is 10.6 Å². The number of benzene rings is 2. The van der Waals surface area contributed by atoms with E-state index in [2.05, 4.69) is 25.7 Å². The number of fused-ring (bicyclic) bond motifs is 1. The molecule has 31 heavy (non-hydrogen) atoms. The average molecular weight is 433 g/mol. The highest BCUT2D eigenvalue weighted by Crippen LogP contribution is 2.25. The molecule has 2 N–H and O–H groups in total. The molecule has 2 heterocycles. The number of nitrogens with zero attached hydrogens (tertiary/aromatic N) is 4. The van der Waals surface area contributed by atoms with Crippen LogP contribution in [0.15, 0.2) is 66.1 Å². The fourth-order valence-corrected chi connectivity index (χ4v) is 3.86. The molecule has 0 atom stereocenters. The van der Waals surface area contributed by atoms with Gasteiger partial charge in [-0.2, -0.15) is 5.10 Å². The number of carbonyl (C=O) groups is 2. The van der Waals surface area contributed by atoms with Crippen molar-refractivity contribution in [3.8, 4) is 5.69 Å². The smallest absolute Gasteiger partial charge is 0.307 e. The number of para-hydroxylation sites is 1. The summed E-state index contributed by atoms with van der Waals surface area (Å²) in [5, 5.41) is 10.8. The van der Waals surface area contributed by atoms with E-state index in [0.717, 1.165) is 22.2 Å². The maximum absolute atomic E-state index is 12.3. The lowest BCUT2D eigenvalue weighted by molar-refractivity contribution is -0.117. The molecule has 3 amide bonds. The van der Waals surface area contributed by atoms with Crippen LogP contribution in [0.2, 0.25) is 0 Å². The number of amides is 3. The lowest BCUT2D eigenvalue weighted by atomic mass is 10.1. The van der Waals surface area contributed by atoms with Crippen LogP contribution in [0.1, 0.15) is 11.1 Å². The Balaban J connectivity index is 1.40. The molecule has 0 saturated heterocycles. The van der Waals surface area contributed by atoms with E-state index in [0.29, 0.717) is 16.4 Å². The quantitative estimate of drug-likeness (QED) is 0.367. The molecule has 0 aliphatic rings. The minimum Gasteiger partial charge on any atom is -0.307 e. The van der Waals surface area contributed by atoms with Gasteiger partial charge < -0.3 is 5.32 Å². The summed E-state index contributed by atoms with van der Waals surface area (Å²) in [6.45, 7) is 3.88. The molecule has 2 aromatic carbocycles. The second-order valence-corrected chi connectivity index (χ2v) is 7.88. The number of carbonyl (C=O) groups excluding carboxylic acids is 2. The first-order chi connectivity index (χ1) is 15.0. The Morgan fingerprint density at radius 3 is 2.65 bits per heavy atom. The summed E-state index contributed by atoms with van der Waals surface area (Å²) >= 11 is 1.22. The lowest BCUT2D eigenvalue weighted by Gasteiger charge is -2.10. The van der Waals surface area contributed by atoms with Crippen LogP contribution in [0.4, 0.5) is 10.5 Å². The number of aryl methyl sites for hydroxylation is 2. The number of hydrogen-bond donors (Lipinski definition) is 2. The van der Waals surface area contributed by atoms with E-state index in [1.54, 1.807) is 10.9 Å². The molecule has 0 radical (unpaired) electrons. The van der Waals surface area contributed by atoms with E-state index >= 15 is 0 Å². The summed E-state index contributed by atoms with van der Waals surface area (Å²) in [6.07, 6.45) is 3.12. The highest BCUT2D eigenvalue weighted by atomic mass is 32.2. The molecule has 9 heteroatoms. The van der Waals surface area contributed by atoms with Crippen molar-refractivity contribution in [3.63, 3.8) is 0 Å². The highest BCUT2D eigenvalue weighted by molar-refractivity contribution is 8.00. The third-order valence-corrected chi connectivity index (χ3v) is 5.56. The number of hydrogen-bond acceptors (Lipinski definition) is 6. The van der Waals surface area contributed by atoms with Crippen molar-refractivity contribution in [2.45, 2.75) is 18.9 Å². The maximum Gasteiger partial charge on any atom is 0.325 e. The Hall–Kier alpha value is -3.72. The first kappa shape index (κ1) is 20.5. The minimum absolute atomic E-state index is 0.0307. The summed E-state index contributed by atoms with van der Waals surface area (Å²) in [5.41, 5.74) is 4.22. The zero-order valence-electron chi connectivity index (χ0n) is 17.0. The summed E-state index contributed by atoms with van der Waals surface area (Å²) in [5.74, 6) is -0.391. The molecule has 0 saturated carbocycles. The van der Waals surface area contributed by atoms with E-state index < -0.39 is 11.9 Å². The van der Waals surface area contributed by atoms with Crippen molar-refractivity contribution in [1.82, 2.24) is 25.1 Å². The standard InChI is InChI=1S/C22H20N6O2S/c1-14-8-9-18(15(2)10-14)26-22(30)27-19(29)12-31-21-17-11-25-28(20(17)23-13-24-21)16-6-4-3-5-7-16/h3-11,13H,12H2,1-2H3,(H2,26,27,29,30). The second kappa shape index (κ2) is 8.97. The number of urea groups is 1. The molecule has 0 spiro atoms. The van der Waals surface area contributed by atoms with Crippen LogP contribution in [-0.4, -0.2) is 37.4 Å². The molecule has 0 aliphatic heterocycles. The first-order valence-electron chi connectivity index (χ1n) is 9.56. The van der Waals surface area contributed by atoms with Gasteiger partial charge in [0, 0.05) is 5.69 Å². The van der Waals surface area contributed by atoms with Crippen LogP contribution in [0.25, 0.3) is 16.7 Å². The fourth-order valence-electron chi connectivity index (χ4n) is 3.10. The first-order valence-corrected chi connectivity index (χ1v) is 10.5. The van der Waals surface area contributed by atoms with Crippen molar-refractivity contribution in [2.24, 2.45) is 0 Å². The van der Waals surface area contributed by atoms with Crippen molar-refractivity contribution < 1.29 is 9.59 Å². The van der Waals surface area contributed by atoms with Crippen molar-refractivity contribution in [2.75, 3.05) is 11.1 Å². The van der Waals surface area contributed by atoms with Gasteiger partial charge in [-0.15, -0.1) is 0 Å². The van der Waals surface area contributed by atoms with Gasteiger partial charge in [0.25, 0.3) is 0 Å². The molecule has 4 rings (SSSR count). The number of anilines is 1. The predicted octanol–water partition coefficient (Wildman–Crippen LogP) is 3.87. The van der Waals surface area contributed by atoms with Crippen molar-refractivity contribution in [1.29, 1.82) is 0 Å². The Bertz CT molecular complexity index is 1260. The summed E-state index contributed by atoms with van der Waals surface area (Å²) in [4.78, 5) is 33.0. The van der Waals surface area contributed by atoms with Gasteiger partial charge in [-0.3, -0.25) is 10.1 Å². The van der Waals surface area contributed by atoms with Gasteiger partial charge in [0.1, 0.15) is 11.4 Å². The molecule has 156 valence electrons. The fraction of sp³-hybridized carbons (Fsp3) is 0.136. The second-order valence-electron chi connectivity index (χ2n) is 6.92. The Morgan fingerprint density at radius 2 is 1.87 bits per heavy atom. The number of nitrogens with one attached hydrogen (secondary N) is 2. The summed E-state index contributed by atoms with van der Waals surface area (Å²) < 4.78 is 1.72. The molecule has 2 aromatic heterocycles. The van der Waals surface area contributed by atoms with E-state index in [-0.39, 0.29) is 5.75 Å². The highest BCUT2D eigenvalue weighted by Gasteiger charge is 2.14. The van der Waals surface area contributed by atoms with Crippen molar-refractivity contribution >= 4 is 40.4 Å². The topological polar surface area (TPSA) is 102 Å². The normalized spacial score (nSPS) is 10.8. The van der Waals surface area contributed by atoms with Crippen LogP contribution in [0, 0.1) is 13.8 Å². The predicted molar refractivity (Wildman–Crippen MR) is 120 cm³/mol. The lowest BCUT2D eigenvalue weighted by Crippen LogP contribution is -2.35. The third kappa shape index (κ3) is 4.72. The maximum atomic E-state index is 12.3. The Morgan fingerprint density at radius 1 is 1.06 bits per heavy atom. The molecule has 0 unspecified atom stereocenters. The zero-order valence-corrected chi connectivity index (χ0v) is 17.8. The monoisotopic (exact) mass is 432 g/mol. The minimum atomic E-state index is -0.567.